The summed E-state index contributed by atoms with van der Waals surface area (Å²) in [7, 11) is 0. The third-order valence-electron chi connectivity index (χ3n) is 3.28. The molecule has 1 N–H and O–H groups in total. The molecule has 1 atom stereocenters. The maximum Gasteiger partial charge on any atom is 0.159 e. The fourth-order valence-electron chi connectivity index (χ4n) is 2.27. The predicted octanol–water partition coefficient (Wildman–Crippen LogP) is 1.58. The van der Waals surface area contributed by atoms with Gasteiger partial charge in [-0.1, -0.05) is 12.1 Å². The van der Waals surface area contributed by atoms with Gasteiger partial charge in [-0.15, -0.1) is 0 Å². The van der Waals surface area contributed by atoms with Gasteiger partial charge >= 0.3 is 0 Å². The van der Waals surface area contributed by atoms with E-state index in [4.69, 9.17) is 5.26 Å². The van der Waals surface area contributed by atoms with Gasteiger partial charge in [-0.2, -0.15) is 5.26 Å². The van der Waals surface area contributed by atoms with Crippen LogP contribution >= 0.6 is 0 Å². The second-order valence-electron chi connectivity index (χ2n) is 4.58. The van der Waals surface area contributed by atoms with Crippen LogP contribution in [-0.2, 0) is 0 Å². The minimum atomic E-state index is 0.0928. The van der Waals surface area contributed by atoms with Crippen LogP contribution in [0.4, 0.5) is 5.69 Å². The van der Waals surface area contributed by atoms with Gasteiger partial charge in [0.15, 0.2) is 5.78 Å². The molecule has 0 aliphatic carbocycles. The molecule has 0 aromatic heterocycles. The van der Waals surface area contributed by atoms with Crippen LogP contribution in [0, 0.1) is 11.3 Å². The van der Waals surface area contributed by atoms with Gasteiger partial charge in [0.2, 0.25) is 0 Å². The first-order chi connectivity index (χ1) is 8.70. The van der Waals surface area contributed by atoms with Gasteiger partial charge in [0, 0.05) is 30.4 Å². The first-order valence-corrected chi connectivity index (χ1v) is 6.17. The largest absolute Gasteiger partial charge is 0.370 e. The lowest BCUT2D eigenvalue weighted by Crippen LogP contribution is -2.32. The van der Waals surface area contributed by atoms with E-state index >= 15 is 0 Å². The molecule has 0 spiro atoms. The molecule has 1 aliphatic heterocycles. The van der Waals surface area contributed by atoms with Crippen molar-refractivity contribution in [3.8, 4) is 6.07 Å². The molecule has 0 saturated carbocycles. The molecule has 1 fully saturated rings. The molecule has 0 bridgehead atoms. The summed E-state index contributed by atoms with van der Waals surface area (Å²) in [4.78, 5) is 13.6. The molecular formula is C14H17N3O. The highest BCUT2D eigenvalue weighted by Crippen LogP contribution is 2.21. The topological polar surface area (TPSA) is 56.1 Å². The number of carbonyl (C=O) groups excluding carboxylic acids is 1. The lowest BCUT2D eigenvalue weighted by Gasteiger charge is -2.19. The molecule has 1 aliphatic rings. The summed E-state index contributed by atoms with van der Waals surface area (Å²) in [5, 5.41) is 11.7. The molecule has 4 heteroatoms. The highest BCUT2D eigenvalue weighted by atomic mass is 16.1. The van der Waals surface area contributed by atoms with Crippen LogP contribution in [0.3, 0.4) is 0 Å². The molecule has 1 aromatic carbocycles. The first-order valence-electron chi connectivity index (χ1n) is 6.17. The molecule has 1 saturated heterocycles. The van der Waals surface area contributed by atoms with Crippen molar-refractivity contribution in [3.05, 3.63) is 29.8 Å². The van der Waals surface area contributed by atoms with Crippen molar-refractivity contribution in [3.63, 3.8) is 0 Å². The molecule has 1 aromatic rings. The Morgan fingerprint density at radius 3 is 3.17 bits per heavy atom. The molecule has 0 radical (unpaired) electrons. The smallest absolute Gasteiger partial charge is 0.159 e. The Morgan fingerprint density at radius 2 is 2.44 bits per heavy atom. The van der Waals surface area contributed by atoms with E-state index in [1.54, 1.807) is 6.92 Å². The van der Waals surface area contributed by atoms with Gasteiger partial charge in [0.1, 0.15) is 0 Å². The van der Waals surface area contributed by atoms with Crippen molar-refractivity contribution in [1.29, 1.82) is 5.26 Å². The Bertz CT molecular complexity index is 478. The number of hydrogen-bond donors (Lipinski definition) is 1. The van der Waals surface area contributed by atoms with E-state index in [1.165, 1.54) is 0 Å². The first kappa shape index (κ1) is 12.6. The van der Waals surface area contributed by atoms with Crippen molar-refractivity contribution < 1.29 is 4.79 Å². The van der Waals surface area contributed by atoms with Crippen LogP contribution < -0.4 is 10.2 Å². The van der Waals surface area contributed by atoms with Crippen LogP contribution in [-0.4, -0.2) is 31.5 Å². The Kier molecular flexibility index (Phi) is 3.96. The van der Waals surface area contributed by atoms with Crippen molar-refractivity contribution in [2.24, 2.45) is 0 Å². The van der Waals surface area contributed by atoms with Gasteiger partial charge in [0.25, 0.3) is 0 Å². The predicted molar refractivity (Wildman–Crippen MR) is 70.7 cm³/mol. The average molecular weight is 243 g/mol. The summed E-state index contributed by atoms with van der Waals surface area (Å²) in [5.74, 6) is 0.0928. The molecule has 1 unspecified atom stereocenters. The molecular weight excluding hydrogens is 226 g/mol. The van der Waals surface area contributed by atoms with Crippen molar-refractivity contribution in [1.82, 2.24) is 5.32 Å². The van der Waals surface area contributed by atoms with Crippen LogP contribution in [0.2, 0.25) is 0 Å². The van der Waals surface area contributed by atoms with E-state index in [2.05, 4.69) is 16.3 Å². The Morgan fingerprint density at radius 1 is 1.61 bits per heavy atom. The van der Waals surface area contributed by atoms with E-state index in [-0.39, 0.29) is 5.78 Å². The van der Waals surface area contributed by atoms with Crippen LogP contribution in [0.5, 0.6) is 0 Å². The number of benzene rings is 1. The summed E-state index contributed by atoms with van der Waals surface area (Å²) in [6.07, 6.45) is 1.03. The summed E-state index contributed by atoms with van der Waals surface area (Å²) in [6.45, 7) is 3.83. The zero-order chi connectivity index (χ0) is 13.0. The number of nitrogens with zero attached hydrogens (tertiary/aromatic N) is 2. The van der Waals surface area contributed by atoms with Crippen LogP contribution in [0.25, 0.3) is 0 Å². The van der Waals surface area contributed by atoms with E-state index in [0.29, 0.717) is 12.6 Å². The molecule has 94 valence electrons. The Hall–Kier alpha value is -1.86. The number of rotatable bonds is 4. The lowest BCUT2D eigenvalue weighted by atomic mass is 10.1. The molecule has 2 rings (SSSR count). The lowest BCUT2D eigenvalue weighted by molar-refractivity contribution is 0.101. The standard InChI is InChI=1S/C14H17N3O/c1-11(18)12-3-2-4-14(9-12)17-8-5-13(10-17)16-7-6-15/h2-4,9,13,16H,5,7-8,10H2,1H3. The van der Waals surface area contributed by atoms with E-state index in [9.17, 15) is 4.79 Å². The minimum Gasteiger partial charge on any atom is -0.370 e. The quantitative estimate of drug-likeness (QED) is 0.644. The number of carbonyl (C=O) groups is 1. The van der Waals surface area contributed by atoms with E-state index in [0.717, 1.165) is 30.8 Å². The summed E-state index contributed by atoms with van der Waals surface area (Å²) >= 11 is 0. The second-order valence-corrected chi connectivity index (χ2v) is 4.58. The van der Waals surface area contributed by atoms with Gasteiger partial charge in [-0.25, -0.2) is 0 Å². The number of nitrogens with one attached hydrogen (secondary N) is 1. The fraction of sp³-hybridized carbons (Fsp3) is 0.429. The minimum absolute atomic E-state index is 0.0928. The Labute approximate surface area is 107 Å². The monoisotopic (exact) mass is 243 g/mol. The Balaban J connectivity index is 2.03. The molecule has 0 amide bonds. The molecule has 18 heavy (non-hydrogen) atoms. The number of hydrogen-bond acceptors (Lipinski definition) is 4. The van der Waals surface area contributed by atoms with E-state index in [1.807, 2.05) is 24.3 Å². The van der Waals surface area contributed by atoms with E-state index < -0.39 is 0 Å². The number of ketones is 1. The maximum absolute atomic E-state index is 11.4. The summed E-state index contributed by atoms with van der Waals surface area (Å²) in [5.41, 5.74) is 1.84. The number of anilines is 1. The highest BCUT2D eigenvalue weighted by Gasteiger charge is 2.22. The molecule has 1 heterocycles. The summed E-state index contributed by atoms with van der Waals surface area (Å²) in [6, 6.07) is 10.2. The second kappa shape index (κ2) is 5.65. The summed E-state index contributed by atoms with van der Waals surface area (Å²) < 4.78 is 0. The van der Waals surface area contributed by atoms with Crippen LogP contribution in [0.15, 0.2) is 24.3 Å². The van der Waals surface area contributed by atoms with Gasteiger partial charge in [0.05, 0.1) is 12.6 Å². The number of nitriles is 1. The zero-order valence-corrected chi connectivity index (χ0v) is 10.5. The SMILES string of the molecule is CC(=O)c1cccc(N2CCC(NCC#N)C2)c1. The average Bonchev–Trinajstić information content (AvgIpc) is 2.85. The zero-order valence-electron chi connectivity index (χ0n) is 10.5. The van der Waals surface area contributed by atoms with Crippen molar-refractivity contribution in [2.75, 3.05) is 24.5 Å². The maximum atomic E-state index is 11.4. The third kappa shape index (κ3) is 2.88. The molecule has 4 nitrogen and oxygen atoms in total. The van der Waals surface area contributed by atoms with Gasteiger partial charge in [-0.05, 0) is 25.5 Å². The van der Waals surface area contributed by atoms with Gasteiger partial charge < -0.3 is 4.90 Å². The van der Waals surface area contributed by atoms with Crippen LogP contribution in [0.1, 0.15) is 23.7 Å². The highest BCUT2D eigenvalue weighted by molar-refractivity contribution is 5.95. The fourth-order valence-corrected chi connectivity index (χ4v) is 2.27. The normalized spacial score (nSPS) is 18.7. The third-order valence-corrected chi connectivity index (χ3v) is 3.28. The van der Waals surface area contributed by atoms with Gasteiger partial charge in [-0.3, -0.25) is 10.1 Å². The van der Waals surface area contributed by atoms with Crippen molar-refractivity contribution in [2.45, 2.75) is 19.4 Å². The van der Waals surface area contributed by atoms with Crippen molar-refractivity contribution >= 4 is 11.5 Å². The number of Topliss-reactive ketones (excluding diaryl/α,β-unsaturated/α-hetero) is 1.